The predicted octanol–water partition coefficient (Wildman–Crippen LogP) is 0.481. The first-order valence-electron chi connectivity index (χ1n) is 3.61. The molecule has 3 nitrogen and oxygen atoms in total. The lowest BCUT2D eigenvalue weighted by molar-refractivity contribution is -0.123. The van der Waals surface area contributed by atoms with Crippen molar-refractivity contribution in [2.24, 2.45) is 0 Å². The van der Waals surface area contributed by atoms with Gasteiger partial charge >= 0.3 is 0 Å². The van der Waals surface area contributed by atoms with E-state index >= 15 is 0 Å². The maximum atomic E-state index is 10.9. The molecule has 1 saturated carbocycles. The second-order valence-electron chi connectivity index (χ2n) is 2.81. The standard InChI is InChI=1S/C7H10O3/c8-5-1-2-6-7(3-5)10-4-9-6/h6-7H,1-4H2. The Morgan fingerprint density at radius 2 is 2.10 bits per heavy atom. The van der Waals surface area contributed by atoms with Gasteiger partial charge in [0.1, 0.15) is 12.6 Å². The summed E-state index contributed by atoms with van der Waals surface area (Å²) < 4.78 is 10.4. The SMILES string of the molecule is O=C1CCC2OCOC2C1. The van der Waals surface area contributed by atoms with E-state index in [1.54, 1.807) is 0 Å². The van der Waals surface area contributed by atoms with Crippen LogP contribution in [0.15, 0.2) is 0 Å². The van der Waals surface area contributed by atoms with Crippen LogP contribution in [-0.2, 0) is 14.3 Å². The van der Waals surface area contributed by atoms with Crippen LogP contribution in [0.1, 0.15) is 19.3 Å². The number of ketones is 1. The minimum absolute atomic E-state index is 0.0706. The zero-order chi connectivity index (χ0) is 6.97. The Morgan fingerprint density at radius 3 is 3.00 bits per heavy atom. The molecule has 0 aromatic carbocycles. The molecule has 2 atom stereocenters. The number of rotatable bonds is 0. The van der Waals surface area contributed by atoms with Crippen LogP contribution in [-0.4, -0.2) is 24.8 Å². The van der Waals surface area contributed by atoms with Gasteiger partial charge in [-0.2, -0.15) is 0 Å². The summed E-state index contributed by atoms with van der Waals surface area (Å²) in [7, 11) is 0. The van der Waals surface area contributed by atoms with Gasteiger partial charge < -0.3 is 9.47 Å². The molecule has 2 fully saturated rings. The summed E-state index contributed by atoms with van der Waals surface area (Å²) in [4.78, 5) is 10.9. The van der Waals surface area contributed by atoms with E-state index in [1.165, 1.54) is 0 Å². The van der Waals surface area contributed by atoms with Gasteiger partial charge in [-0.15, -0.1) is 0 Å². The Labute approximate surface area is 59.3 Å². The lowest BCUT2D eigenvalue weighted by Crippen LogP contribution is -2.31. The molecule has 2 unspecified atom stereocenters. The molecule has 56 valence electrons. The fourth-order valence-electron chi connectivity index (χ4n) is 1.52. The molecule has 0 radical (unpaired) electrons. The first kappa shape index (κ1) is 6.31. The summed E-state index contributed by atoms with van der Waals surface area (Å²) >= 11 is 0. The van der Waals surface area contributed by atoms with Crippen LogP contribution < -0.4 is 0 Å². The van der Waals surface area contributed by atoms with Gasteiger partial charge in [0.05, 0.1) is 12.2 Å². The third kappa shape index (κ3) is 0.954. The normalized spacial score (nSPS) is 39.8. The number of fused-ring (bicyclic) bond motifs is 1. The van der Waals surface area contributed by atoms with Gasteiger partial charge in [0.15, 0.2) is 0 Å². The zero-order valence-electron chi connectivity index (χ0n) is 5.71. The number of carbonyl (C=O) groups is 1. The minimum atomic E-state index is 0.0706. The van der Waals surface area contributed by atoms with E-state index in [0.29, 0.717) is 25.4 Å². The van der Waals surface area contributed by atoms with Crippen molar-refractivity contribution in [3.63, 3.8) is 0 Å². The van der Waals surface area contributed by atoms with Gasteiger partial charge in [-0.25, -0.2) is 0 Å². The van der Waals surface area contributed by atoms with Gasteiger partial charge in [-0.05, 0) is 6.42 Å². The molecule has 2 rings (SSSR count). The summed E-state index contributed by atoms with van der Waals surface area (Å²) in [6.45, 7) is 0.378. The molecule has 0 aromatic rings. The highest BCUT2D eigenvalue weighted by Gasteiger charge is 2.34. The smallest absolute Gasteiger partial charge is 0.147 e. The predicted molar refractivity (Wildman–Crippen MR) is 33.5 cm³/mol. The Kier molecular flexibility index (Phi) is 1.47. The van der Waals surface area contributed by atoms with E-state index in [0.717, 1.165) is 6.42 Å². The second-order valence-corrected chi connectivity index (χ2v) is 2.81. The van der Waals surface area contributed by atoms with Crippen molar-refractivity contribution < 1.29 is 14.3 Å². The highest BCUT2D eigenvalue weighted by molar-refractivity contribution is 5.79. The number of ether oxygens (including phenoxy) is 2. The molecule has 0 spiro atoms. The van der Waals surface area contributed by atoms with E-state index in [9.17, 15) is 4.79 Å². The van der Waals surface area contributed by atoms with E-state index in [2.05, 4.69) is 0 Å². The van der Waals surface area contributed by atoms with Gasteiger partial charge in [-0.1, -0.05) is 0 Å². The zero-order valence-corrected chi connectivity index (χ0v) is 5.71. The summed E-state index contributed by atoms with van der Waals surface area (Å²) in [6, 6.07) is 0. The van der Waals surface area contributed by atoms with Crippen LogP contribution in [0, 0.1) is 0 Å². The summed E-state index contributed by atoms with van der Waals surface area (Å²) in [6.07, 6.45) is 2.36. The lowest BCUT2D eigenvalue weighted by atomic mass is 9.94. The second kappa shape index (κ2) is 2.32. The van der Waals surface area contributed by atoms with Gasteiger partial charge in [-0.3, -0.25) is 4.79 Å². The molecule has 0 amide bonds. The van der Waals surface area contributed by atoms with Crippen LogP contribution >= 0.6 is 0 Å². The van der Waals surface area contributed by atoms with Crippen molar-refractivity contribution in [1.29, 1.82) is 0 Å². The van der Waals surface area contributed by atoms with Crippen molar-refractivity contribution in [2.75, 3.05) is 6.79 Å². The van der Waals surface area contributed by atoms with Crippen LogP contribution in [0.5, 0.6) is 0 Å². The molecule has 0 N–H and O–H groups in total. The van der Waals surface area contributed by atoms with Crippen molar-refractivity contribution in [3.8, 4) is 0 Å². The average molecular weight is 142 g/mol. The number of carbonyl (C=O) groups excluding carboxylic acids is 1. The van der Waals surface area contributed by atoms with Crippen molar-refractivity contribution in [2.45, 2.75) is 31.5 Å². The highest BCUT2D eigenvalue weighted by Crippen LogP contribution is 2.25. The van der Waals surface area contributed by atoms with Crippen LogP contribution in [0.4, 0.5) is 0 Å². The molecule has 1 saturated heterocycles. The Balaban J connectivity index is 2.03. The molecule has 3 heteroatoms. The first-order chi connectivity index (χ1) is 4.86. The van der Waals surface area contributed by atoms with Crippen LogP contribution in [0.2, 0.25) is 0 Å². The van der Waals surface area contributed by atoms with E-state index in [-0.39, 0.29) is 12.2 Å². The summed E-state index contributed by atoms with van der Waals surface area (Å²) in [5.74, 6) is 0.312. The van der Waals surface area contributed by atoms with Crippen molar-refractivity contribution >= 4 is 5.78 Å². The number of hydrogen-bond acceptors (Lipinski definition) is 3. The molecule has 0 aromatic heterocycles. The Morgan fingerprint density at radius 1 is 1.30 bits per heavy atom. The maximum absolute atomic E-state index is 10.9. The first-order valence-corrected chi connectivity index (χ1v) is 3.61. The van der Waals surface area contributed by atoms with Crippen molar-refractivity contribution in [3.05, 3.63) is 0 Å². The van der Waals surface area contributed by atoms with E-state index in [4.69, 9.17) is 9.47 Å². The fraction of sp³-hybridized carbons (Fsp3) is 0.857. The molecule has 0 bridgehead atoms. The average Bonchev–Trinajstić information content (AvgIpc) is 2.33. The van der Waals surface area contributed by atoms with Crippen LogP contribution in [0.25, 0.3) is 0 Å². The monoisotopic (exact) mass is 142 g/mol. The molecule has 1 aliphatic carbocycles. The van der Waals surface area contributed by atoms with Gasteiger partial charge in [0.25, 0.3) is 0 Å². The van der Waals surface area contributed by atoms with Gasteiger partial charge in [0, 0.05) is 12.8 Å². The van der Waals surface area contributed by atoms with E-state index < -0.39 is 0 Å². The molecule has 1 aliphatic heterocycles. The fourth-order valence-corrected chi connectivity index (χ4v) is 1.52. The third-order valence-electron chi connectivity index (χ3n) is 2.12. The Bertz CT molecular complexity index is 155. The molecule has 10 heavy (non-hydrogen) atoms. The molecule has 2 aliphatic rings. The quantitative estimate of drug-likeness (QED) is 0.493. The van der Waals surface area contributed by atoms with Crippen molar-refractivity contribution in [1.82, 2.24) is 0 Å². The summed E-state index contributed by atoms with van der Waals surface area (Å²) in [5.41, 5.74) is 0. The topological polar surface area (TPSA) is 35.5 Å². The van der Waals surface area contributed by atoms with E-state index in [1.807, 2.05) is 0 Å². The third-order valence-corrected chi connectivity index (χ3v) is 2.12. The molecular weight excluding hydrogens is 132 g/mol. The Hall–Kier alpha value is -0.410. The largest absolute Gasteiger partial charge is 0.349 e. The lowest BCUT2D eigenvalue weighted by Gasteiger charge is -2.20. The summed E-state index contributed by atoms with van der Waals surface area (Å²) in [5, 5.41) is 0. The maximum Gasteiger partial charge on any atom is 0.147 e. The van der Waals surface area contributed by atoms with Crippen LogP contribution in [0.3, 0.4) is 0 Å². The minimum Gasteiger partial charge on any atom is -0.349 e. The van der Waals surface area contributed by atoms with Gasteiger partial charge in [0.2, 0.25) is 0 Å². The molecular formula is C7H10O3. The molecule has 1 heterocycles. The number of Topliss-reactive ketones (excluding diaryl/α,β-unsaturated/α-hetero) is 1. The number of hydrogen-bond donors (Lipinski definition) is 0. The highest BCUT2D eigenvalue weighted by atomic mass is 16.7.